The van der Waals surface area contributed by atoms with Gasteiger partial charge >= 0.3 is 0 Å². The van der Waals surface area contributed by atoms with Crippen LogP contribution in [0.1, 0.15) is 51.9 Å². The van der Waals surface area contributed by atoms with Gasteiger partial charge in [-0.05, 0) is 32.1 Å². The van der Waals surface area contributed by atoms with Crippen molar-refractivity contribution < 1.29 is 19.1 Å². The van der Waals surface area contributed by atoms with Crippen LogP contribution >= 0.6 is 0 Å². The highest BCUT2D eigenvalue weighted by molar-refractivity contribution is 5.93. The predicted octanol–water partition coefficient (Wildman–Crippen LogP) is -0.532. The maximum atomic E-state index is 13.8. The number of nitriles is 1. The quantitative estimate of drug-likeness (QED) is 0.451. The second-order valence-corrected chi connectivity index (χ2v) is 9.18. The van der Waals surface area contributed by atoms with E-state index >= 15 is 0 Å². The van der Waals surface area contributed by atoms with E-state index in [9.17, 15) is 14.4 Å². The Balaban J connectivity index is 1.80. The molecule has 1 aliphatic carbocycles. The van der Waals surface area contributed by atoms with Gasteiger partial charge in [0.25, 0.3) is 0 Å². The normalized spacial score (nSPS) is 28.4. The maximum absolute atomic E-state index is 13.8. The van der Waals surface area contributed by atoms with Gasteiger partial charge in [-0.2, -0.15) is 5.26 Å². The second kappa shape index (κ2) is 11.1. The van der Waals surface area contributed by atoms with E-state index in [4.69, 9.17) is 21.5 Å². The highest BCUT2D eigenvalue weighted by Crippen LogP contribution is 2.31. The lowest BCUT2D eigenvalue weighted by Crippen LogP contribution is -2.66. The van der Waals surface area contributed by atoms with Crippen molar-refractivity contribution in [2.24, 2.45) is 17.4 Å². The summed E-state index contributed by atoms with van der Waals surface area (Å²) in [4.78, 5) is 42.4. The van der Waals surface area contributed by atoms with Gasteiger partial charge < -0.3 is 26.4 Å². The van der Waals surface area contributed by atoms with Gasteiger partial charge in [-0.25, -0.2) is 0 Å². The molecule has 3 aliphatic rings. The average molecular weight is 449 g/mol. The lowest BCUT2D eigenvalue weighted by atomic mass is 9.82. The van der Waals surface area contributed by atoms with E-state index < -0.39 is 29.9 Å². The fourth-order valence-electron chi connectivity index (χ4n) is 5.35. The van der Waals surface area contributed by atoms with Gasteiger partial charge in [-0.15, -0.1) is 0 Å². The summed E-state index contributed by atoms with van der Waals surface area (Å²) in [5.41, 5.74) is 11.5. The summed E-state index contributed by atoms with van der Waals surface area (Å²) in [5, 5.41) is 11.7. The maximum Gasteiger partial charge on any atom is 0.246 e. The Morgan fingerprint density at radius 3 is 2.53 bits per heavy atom. The minimum Gasteiger partial charge on any atom is -0.377 e. The van der Waals surface area contributed by atoms with Gasteiger partial charge in [0, 0.05) is 32.3 Å². The minimum atomic E-state index is -0.996. The van der Waals surface area contributed by atoms with Crippen molar-refractivity contribution in [2.45, 2.75) is 82.1 Å². The number of amides is 3. The van der Waals surface area contributed by atoms with Crippen LogP contribution in [0.2, 0.25) is 0 Å². The van der Waals surface area contributed by atoms with Crippen LogP contribution in [0.5, 0.6) is 0 Å². The van der Waals surface area contributed by atoms with Crippen LogP contribution in [0, 0.1) is 17.2 Å². The minimum absolute atomic E-state index is 0.0270. The summed E-state index contributed by atoms with van der Waals surface area (Å²) in [7, 11) is 0. The van der Waals surface area contributed by atoms with Gasteiger partial charge in [0.05, 0.1) is 24.6 Å². The Labute approximate surface area is 189 Å². The largest absolute Gasteiger partial charge is 0.377 e. The molecule has 5 atom stereocenters. The number of fused-ring (bicyclic) bond motifs is 1. The molecule has 32 heavy (non-hydrogen) atoms. The topological polar surface area (TPSA) is 155 Å². The lowest BCUT2D eigenvalue weighted by molar-refractivity contribution is -0.148. The van der Waals surface area contributed by atoms with Crippen LogP contribution in [0.3, 0.4) is 0 Å². The molecule has 0 aromatic carbocycles. The van der Waals surface area contributed by atoms with E-state index in [0.29, 0.717) is 19.7 Å². The van der Waals surface area contributed by atoms with E-state index in [1.165, 1.54) is 0 Å². The Morgan fingerprint density at radius 1 is 1.19 bits per heavy atom. The van der Waals surface area contributed by atoms with E-state index in [1.807, 2.05) is 13.0 Å². The smallest absolute Gasteiger partial charge is 0.246 e. The third-order valence-corrected chi connectivity index (χ3v) is 7.03. The molecule has 0 bridgehead atoms. The fraction of sp³-hybridized carbons (Fsp3) is 0.818. The fourth-order valence-corrected chi connectivity index (χ4v) is 5.35. The van der Waals surface area contributed by atoms with Crippen LogP contribution in [0.15, 0.2) is 0 Å². The molecule has 3 fully saturated rings. The summed E-state index contributed by atoms with van der Waals surface area (Å²) in [6.07, 6.45) is 5.45. The highest BCUT2D eigenvalue weighted by atomic mass is 16.5. The van der Waals surface area contributed by atoms with E-state index in [-0.39, 0.29) is 30.4 Å². The number of nitrogens with zero attached hydrogens (tertiary/aromatic N) is 3. The van der Waals surface area contributed by atoms with Crippen molar-refractivity contribution >= 4 is 17.7 Å². The Kier molecular flexibility index (Phi) is 8.45. The first-order chi connectivity index (χ1) is 15.3. The van der Waals surface area contributed by atoms with Gasteiger partial charge in [0.1, 0.15) is 12.1 Å². The number of nitrogens with two attached hydrogens (primary N) is 2. The Morgan fingerprint density at radius 2 is 1.91 bits per heavy atom. The first-order valence-electron chi connectivity index (χ1n) is 11.7. The number of carbonyl (C=O) groups is 3. The van der Waals surface area contributed by atoms with Gasteiger partial charge in [0.2, 0.25) is 17.7 Å². The van der Waals surface area contributed by atoms with Crippen LogP contribution in [0.4, 0.5) is 0 Å². The summed E-state index contributed by atoms with van der Waals surface area (Å²) >= 11 is 0. The molecule has 3 rings (SSSR count). The van der Waals surface area contributed by atoms with E-state index in [0.717, 1.165) is 45.1 Å². The molecule has 3 amide bonds. The van der Waals surface area contributed by atoms with Crippen molar-refractivity contribution in [3.8, 4) is 6.07 Å². The molecule has 0 aromatic rings. The van der Waals surface area contributed by atoms with Crippen molar-refractivity contribution in [2.75, 3.05) is 26.2 Å². The average Bonchev–Trinajstić information content (AvgIpc) is 3.18. The number of primary amides is 1. The monoisotopic (exact) mass is 448 g/mol. The molecule has 10 heteroatoms. The molecule has 178 valence electrons. The molecule has 5 N–H and O–H groups in total. The summed E-state index contributed by atoms with van der Waals surface area (Å²) < 4.78 is 5.77. The standard InChI is InChI=1S/C22H36N6O4/c1-2-32-16-10-15-11-28(18(20(25)29)13-27(15)12-16)22(31)19(14-6-4-3-5-7-14)26-21(30)17(24)8-9-23/h14-19H,2-8,10-13,24H2,1H3,(H2,25,29)(H,26,30)/t15?,16?,17-,18?,19?/m0/s1. The molecular weight excluding hydrogens is 412 g/mol. The summed E-state index contributed by atoms with van der Waals surface area (Å²) in [6, 6.07) is -0.536. The number of hydrogen-bond donors (Lipinski definition) is 3. The third-order valence-electron chi connectivity index (χ3n) is 7.03. The number of rotatable bonds is 8. The van der Waals surface area contributed by atoms with Crippen molar-refractivity contribution in [1.82, 2.24) is 15.1 Å². The zero-order valence-corrected chi connectivity index (χ0v) is 18.9. The molecule has 0 aromatic heterocycles. The first-order valence-corrected chi connectivity index (χ1v) is 11.7. The van der Waals surface area contributed by atoms with Gasteiger partial charge in [-0.1, -0.05) is 19.3 Å². The molecule has 2 saturated heterocycles. The number of ether oxygens (including phenoxy) is 1. The summed E-state index contributed by atoms with van der Waals surface area (Å²) in [5.74, 6) is -1.37. The van der Waals surface area contributed by atoms with Crippen molar-refractivity contribution in [3.63, 3.8) is 0 Å². The van der Waals surface area contributed by atoms with E-state index in [1.54, 1.807) is 4.90 Å². The molecule has 0 radical (unpaired) electrons. The third kappa shape index (κ3) is 5.57. The number of hydrogen-bond acceptors (Lipinski definition) is 7. The van der Waals surface area contributed by atoms with Gasteiger partial charge in [-0.3, -0.25) is 19.3 Å². The van der Waals surface area contributed by atoms with Crippen LogP contribution in [-0.2, 0) is 19.1 Å². The highest BCUT2D eigenvalue weighted by Gasteiger charge is 2.46. The molecule has 0 spiro atoms. The zero-order valence-electron chi connectivity index (χ0n) is 18.9. The molecule has 1 saturated carbocycles. The molecule has 4 unspecified atom stereocenters. The molecular formula is C22H36N6O4. The lowest BCUT2D eigenvalue weighted by Gasteiger charge is -2.44. The SMILES string of the molecule is CCOC1CC2CN(C(=O)C(NC(=O)[C@@H](N)CC#N)C3CCCCC3)C(C(N)=O)CN2C1. The zero-order chi connectivity index (χ0) is 23.3. The van der Waals surface area contributed by atoms with Gasteiger partial charge in [0.15, 0.2) is 0 Å². The van der Waals surface area contributed by atoms with E-state index in [2.05, 4.69) is 10.2 Å². The molecule has 10 nitrogen and oxygen atoms in total. The Hall–Kier alpha value is -2.22. The number of nitrogens with one attached hydrogen (secondary N) is 1. The second-order valence-electron chi connectivity index (χ2n) is 9.18. The number of piperazine rings is 1. The van der Waals surface area contributed by atoms with Crippen molar-refractivity contribution in [3.05, 3.63) is 0 Å². The Bertz CT molecular complexity index is 734. The number of carbonyl (C=O) groups excluding carboxylic acids is 3. The predicted molar refractivity (Wildman–Crippen MR) is 117 cm³/mol. The van der Waals surface area contributed by atoms with Crippen LogP contribution in [-0.4, -0.2) is 84.0 Å². The molecule has 2 heterocycles. The summed E-state index contributed by atoms with van der Waals surface area (Å²) in [6.45, 7) is 4.03. The first kappa shape index (κ1) is 24.4. The molecule has 2 aliphatic heterocycles. The van der Waals surface area contributed by atoms with Crippen LogP contribution < -0.4 is 16.8 Å². The van der Waals surface area contributed by atoms with Crippen LogP contribution in [0.25, 0.3) is 0 Å². The van der Waals surface area contributed by atoms with Crippen molar-refractivity contribution in [1.29, 1.82) is 5.26 Å².